The van der Waals surface area contributed by atoms with Crippen LogP contribution in [-0.4, -0.2) is 19.7 Å². The lowest BCUT2D eigenvalue weighted by Gasteiger charge is -1.90. The number of hydrogen-bond donors (Lipinski definition) is 1. The molecule has 2 aromatic heterocycles. The quantitative estimate of drug-likeness (QED) is 0.570. The second-order valence-electron chi connectivity index (χ2n) is 1.92. The molecule has 0 radical (unpaired) electrons. The molecule has 50 valence electrons. The zero-order valence-electron chi connectivity index (χ0n) is 5.10. The van der Waals surface area contributed by atoms with Gasteiger partial charge in [0, 0.05) is 18.5 Å². The van der Waals surface area contributed by atoms with Gasteiger partial charge in [0.05, 0.1) is 0 Å². The van der Waals surface area contributed by atoms with Gasteiger partial charge < -0.3 is 5.11 Å². The number of fused-ring (bicyclic) bond motifs is 1. The minimum atomic E-state index is 0.00509. The minimum Gasteiger partial charge on any atom is -0.492 e. The van der Waals surface area contributed by atoms with E-state index in [0.717, 1.165) is 5.65 Å². The molecule has 0 spiro atoms. The summed E-state index contributed by atoms with van der Waals surface area (Å²) in [4.78, 5) is 3.95. The van der Waals surface area contributed by atoms with Gasteiger partial charge in [0.2, 0.25) is 5.88 Å². The Hall–Kier alpha value is -1.58. The molecule has 0 fully saturated rings. The topological polar surface area (TPSA) is 50.4 Å². The van der Waals surface area contributed by atoms with E-state index in [4.69, 9.17) is 5.11 Å². The zero-order chi connectivity index (χ0) is 6.97. The summed E-state index contributed by atoms with van der Waals surface area (Å²) in [6.45, 7) is 0. The molecular formula is C6H5N3O. The molecule has 4 nitrogen and oxygen atoms in total. The number of rotatable bonds is 0. The van der Waals surface area contributed by atoms with E-state index in [-0.39, 0.29) is 5.88 Å². The summed E-state index contributed by atoms with van der Waals surface area (Å²) in [6.07, 6.45) is 3.30. The predicted molar refractivity (Wildman–Crippen MR) is 34.7 cm³/mol. The molecule has 0 aliphatic carbocycles. The molecule has 0 bridgehead atoms. The summed E-state index contributed by atoms with van der Waals surface area (Å²) in [6, 6.07) is 3.20. The number of imidazole rings is 1. The Morgan fingerprint density at radius 2 is 2.30 bits per heavy atom. The van der Waals surface area contributed by atoms with E-state index in [0.29, 0.717) is 0 Å². The van der Waals surface area contributed by atoms with Gasteiger partial charge in [-0.25, -0.2) is 9.50 Å². The van der Waals surface area contributed by atoms with Crippen LogP contribution in [0.15, 0.2) is 24.5 Å². The highest BCUT2D eigenvalue weighted by Crippen LogP contribution is 2.03. The normalized spacial score (nSPS) is 10.4. The van der Waals surface area contributed by atoms with Crippen LogP contribution in [0.2, 0.25) is 0 Å². The molecule has 0 amide bonds. The first-order valence-corrected chi connectivity index (χ1v) is 2.85. The molecule has 0 unspecified atom stereocenters. The van der Waals surface area contributed by atoms with Gasteiger partial charge in [-0.15, -0.1) is 5.10 Å². The Labute approximate surface area is 56.8 Å². The summed E-state index contributed by atoms with van der Waals surface area (Å²) < 4.78 is 1.51. The molecule has 10 heavy (non-hydrogen) atoms. The van der Waals surface area contributed by atoms with Crippen LogP contribution in [0.1, 0.15) is 0 Å². The van der Waals surface area contributed by atoms with Crippen molar-refractivity contribution >= 4 is 5.65 Å². The summed E-state index contributed by atoms with van der Waals surface area (Å²) in [5, 5.41) is 12.6. The smallest absolute Gasteiger partial charge is 0.229 e. The molecule has 2 aromatic rings. The van der Waals surface area contributed by atoms with Crippen molar-refractivity contribution in [2.45, 2.75) is 0 Å². The first-order valence-electron chi connectivity index (χ1n) is 2.85. The van der Waals surface area contributed by atoms with Gasteiger partial charge in [-0.05, 0) is 6.07 Å². The van der Waals surface area contributed by atoms with Gasteiger partial charge in [0.25, 0.3) is 0 Å². The van der Waals surface area contributed by atoms with Gasteiger partial charge >= 0.3 is 0 Å². The van der Waals surface area contributed by atoms with Crippen LogP contribution in [0, 0.1) is 0 Å². The molecule has 0 aliphatic rings. The average molecular weight is 135 g/mol. The van der Waals surface area contributed by atoms with Crippen molar-refractivity contribution < 1.29 is 5.11 Å². The molecule has 0 saturated heterocycles. The van der Waals surface area contributed by atoms with Crippen molar-refractivity contribution in [2.24, 2.45) is 0 Å². The van der Waals surface area contributed by atoms with Crippen molar-refractivity contribution in [1.82, 2.24) is 14.6 Å². The fourth-order valence-electron chi connectivity index (χ4n) is 0.805. The van der Waals surface area contributed by atoms with Crippen molar-refractivity contribution in [2.75, 3.05) is 0 Å². The Balaban J connectivity index is 2.86. The van der Waals surface area contributed by atoms with E-state index in [1.54, 1.807) is 18.5 Å². The van der Waals surface area contributed by atoms with E-state index in [1.165, 1.54) is 10.6 Å². The van der Waals surface area contributed by atoms with Crippen LogP contribution < -0.4 is 0 Å². The molecular weight excluding hydrogens is 130 g/mol. The largest absolute Gasteiger partial charge is 0.492 e. The third-order valence-electron chi connectivity index (χ3n) is 1.24. The lowest BCUT2D eigenvalue weighted by atomic mass is 10.5. The maximum absolute atomic E-state index is 8.89. The van der Waals surface area contributed by atoms with Crippen molar-refractivity contribution in [1.29, 1.82) is 0 Å². The van der Waals surface area contributed by atoms with Crippen molar-refractivity contribution in [3.63, 3.8) is 0 Å². The molecule has 2 rings (SSSR count). The van der Waals surface area contributed by atoms with Gasteiger partial charge in [-0.3, -0.25) is 0 Å². The average Bonchev–Trinajstić information content (AvgIpc) is 2.33. The molecule has 2 heterocycles. The predicted octanol–water partition coefficient (Wildman–Crippen LogP) is 0.435. The fourth-order valence-corrected chi connectivity index (χ4v) is 0.805. The molecule has 0 aliphatic heterocycles. The molecule has 0 aromatic carbocycles. The summed E-state index contributed by atoms with van der Waals surface area (Å²) in [7, 11) is 0. The summed E-state index contributed by atoms with van der Waals surface area (Å²) in [5.41, 5.74) is 0.734. The highest BCUT2D eigenvalue weighted by atomic mass is 16.3. The highest BCUT2D eigenvalue weighted by Gasteiger charge is 1.93. The Kier molecular flexibility index (Phi) is 0.887. The minimum absolute atomic E-state index is 0.00509. The summed E-state index contributed by atoms with van der Waals surface area (Å²) >= 11 is 0. The monoisotopic (exact) mass is 135 g/mol. The Bertz CT molecular complexity index is 355. The van der Waals surface area contributed by atoms with Gasteiger partial charge in [-0.1, -0.05) is 0 Å². The number of nitrogens with zero attached hydrogens (tertiary/aromatic N) is 3. The maximum atomic E-state index is 8.89. The van der Waals surface area contributed by atoms with Crippen molar-refractivity contribution in [3.05, 3.63) is 24.5 Å². The zero-order valence-corrected chi connectivity index (χ0v) is 5.10. The van der Waals surface area contributed by atoms with Crippen LogP contribution >= 0.6 is 0 Å². The van der Waals surface area contributed by atoms with Crippen LogP contribution in [0.5, 0.6) is 5.88 Å². The van der Waals surface area contributed by atoms with E-state index in [1.807, 2.05) is 0 Å². The second kappa shape index (κ2) is 1.70. The van der Waals surface area contributed by atoms with Gasteiger partial charge in [0.15, 0.2) is 5.65 Å². The van der Waals surface area contributed by atoms with Crippen LogP contribution in [0.3, 0.4) is 0 Å². The van der Waals surface area contributed by atoms with E-state index < -0.39 is 0 Å². The highest BCUT2D eigenvalue weighted by molar-refractivity contribution is 5.36. The van der Waals surface area contributed by atoms with E-state index in [2.05, 4.69) is 10.1 Å². The second-order valence-corrected chi connectivity index (χ2v) is 1.92. The van der Waals surface area contributed by atoms with E-state index in [9.17, 15) is 0 Å². The van der Waals surface area contributed by atoms with Crippen LogP contribution in [0.25, 0.3) is 5.65 Å². The van der Waals surface area contributed by atoms with Crippen LogP contribution in [-0.2, 0) is 0 Å². The number of aromatic hydroxyl groups is 1. The standard InChI is InChI=1S/C6H5N3O/c10-6-2-1-5-7-3-4-9(5)8-6/h1-4H,(H,8,10). The van der Waals surface area contributed by atoms with Crippen LogP contribution in [0.4, 0.5) is 0 Å². The van der Waals surface area contributed by atoms with Gasteiger partial charge in [-0.2, -0.15) is 0 Å². The summed E-state index contributed by atoms with van der Waals surface area (Å²) in [5.74, 6) is 0.00509. The third kappa shape index (κ3) is 0.621. The Morgan fingerprint density at radius 1 is 1.40 bits per heavy atom. The molecule has 1 N–H and O–H groups in total. The lowest BCUT2D eigenvalue weighted by molar-refractivity contribution is 0.442. The van der Waals surface area contributed by atoms with Gasteiger partial charge in [0.1, 0.15) is 0 Å². The number of hydrogen-bond acceptors (Lipinski definition) is 3. The Morgan fingerprint density at radius 3 is 3.20 bits per heavy atom. The van der Waals surface area contributed by atoms with Crippen molar-refractivity contribution in [3.8, 4) is 5.88 Å². The maximum Gasteiger partial charge on any atom is 0.229 e. The molecule has 0 saturated carbocycles. The number of aromatic nitrogens is 3. The van der Waals surface area contributed by atoms with E-state index >= 15 is 0 Å². The fraction of sp³-hybridized carbons (Fsp3) is 0. The first-order chi connectivity index (χ1) is 4.86. The first kappa shape index (κ1) is 5.22. The molecule has 0 atom stereocenters. The third-order valence-corrected chi connectivity index (χ3v) is 1.24. The molecule has 4 heteroatoms. The SMILES string of the molecule is Oc1ccc2nccn2n1. The lowest BCUT2D eigenvalue weighted by Crippen LogP contribution is -1.87.